The van der Waals surface area contributed by atoms with Crippen LogP contribution in [0.1, 0.15) is 43.2 Å². The summed E-state index contributed by atoms with van der Waals surface area (Å²) in [6, 6.07) is 5.03. The number of benzene rings is 1. The fourth-order valence-electron chi connectivity index (χ4n) is 4.35. The van der Waals surface area contributed by atoms with Crippen LogP contribution in [0.2, 0.25) is 5.02 Å². The Hall–Kier alpha value is -3.17. The maximum atomic E-state index is 14.9. The number of nitrogens with zero attached hydrogens (tertiary/aromatic N) is 7. The molecule has 0 bridgehead atoms. The lowest BCUT2D eigenvalue weighted by atomic mass is 10.1. The van der Waals surface area contributed by atoms with E-state index in [2.05, 4.69) is 26.2 Å². The number of aryl methyl sites for hydroxylation is 1. The molecule has 4 aromatic rings. The number of ether oxygens (including phenoxy) is 1. The number of morpholine rings is 1. The second kappa shape index (κ2) is 8.25. The molecule has 1 aromatic carbocycles. The monoisotopic (exact) mass is 479 g/mol. The zero-order valence-electron chi connectivity index (χ0n) is 18.8. The van der Waals surface area contributed by atoms with Gasteiger partial charge >= 0.3 is 0 Å². The molecule has 1 saturated carbocycles. The van der Waals surface area contributed by atoms with Gasteiger partial charge in [-0.2, -0.15) is 10.1 Å². The standard InChI is InChI=1S/C24H23ClFN7O/c1-13-8-27-22-21(18-6-3-16(25)7-19(18)26)30-24(31-23(22)29-13)32-10-14(2)34-20(12-32)15-9-28-33(11-15)17-4-5-17/h3,6-9,11,14,17,20H,4-5,10,12H2,1-2H3/t14-,20+/m0/s1. The van der Waals surface area contributed by atoms with Crippen molar-refractivity contribution < 1.29 is 9.13 Å². The van der Waals surface area contributed by atoms with E-state index < -0.39 is 5.82 Å². The summed E-state index contributed by atoms with van der Waals surface area (Å²) in [6.07, 6.45) is 7.70. The van der Waals surface area contributed by atoms with Crippen LogP contribution in [-0.4, -0.2) is 48.9 Å². The molecule has 2 aliphatic rings. The van der Waals surface area contributed by atoms with Crippen molar-refractivity contribution in [3.63, 3.8) is 0 Å². The van der Waals surface area contributed by atoms with Crippen LogP contribution in [0.5, 0.6) is 0 Å². The number of rotatable bonds is 4. The summed E-state index contributed by atoms with van der Waals surface area (Å²) in [4.78, 5) is 20.6. The van der Waals surface area contributed by atoms with Gasteiger partial charge in [-0.3, -0.25) is 4.68 Å². The first kappa shape index (κ1) is 21.4. The van der Waals surface area contributed by atoms with E-state index in [1.54, 1.807) is 18.3 Å². The van der Waals surface area contributed by atoms with Gasteiger partial charge in [0.1, 0.15) is 23.1 Å². The highest BCUT2D eigenvalue weighted by Gasteiger charge is 2.31. The Bertz CT molecular complexity index is 1390. The first-order valence-corrected chi connectivity index (χ1v) is 11.7. The molecule has 34 heavy (non-hydrogen) atoms. The Balaban J connectivity index is 1.41. The van der Waals surface area contributed by atoms with Gasteiger partial charge in [-0.05, 0) is 44.9 Å². The lowest BCUT2D eigenvalue weighted by Gasteiger charge is -2.36. The normalized spacial score (nSPS) is 20.8. The Labute approximate surface area is 200 Å². The van der Waals surface area contributed by atoms with Gasteiger partial charge in [-0.15, -0.1) is 0 Å². The average molecular weight is 480 g/mol. The summed E-state index contributed by atoms with van der Waals surface area (Å²) in [6.45, 7) is 5.02. The zero-order chi connectivity index (χ0) is 23.4. The average Bonchev–Trinajstić information content (AvgIpc) is 3.54. The van der Waals surface area contributed by atoms with Crippen LogP contribution in [0.3, 0.4) is 0 Å². The molecule has 1 aliphatic heterocycles. The van der Waals surface area contributed by atoms with E-state index in [9.17, 15) is 4.39 Å². The largest absolute Gasteiger partial charge is 0.367 e. The number of fused-ring (bicyclic) bond motifs is 1. The van der Waals surface area contributed by atoms with Crippen LogP contribution >= 0.6 is 11.6 Å². The number of aromatic nitrogens is 6. The number of anilines is 1. The molecule has 1 saturated heterocycles. The zero-order valence-corrected chi connectivity index (χ0v) is 19.6. The van der Waals surface area contributed by atoms with Crippen LogP contribution in [0.4, 0.5) is 10.3 Å². The molecule has 2 atom stereocenters. The molecule has 10 heteroatoms. The fourth-order valence-corrected chi connectivity index (χ4v) is 4.51. The van der Waals surface area contributed by atoms with Crippen LogP contribution in [0.25, 0.3) is 22.4 Å². The molecule has 8 nitrogen and oxygen atoms in total. The van der Waals surface area contributed by atoms with Gasteiger partial charge < -0.3 is 9.64 Å². The van der Waals surface area contributed by atoms with Gasteiger partial charge in [0.15, 0.2) is 5.65 Å². The van der Waals surface area contributed by atoms with Gasteiger partial charge in [0.25, 0.3) is 0 Å². The van der Waals surface area contributed by atoms with E-state index in [1.165, 1.54) is 18.9 Å². The van der Waals surface area contributed by atoms with Gasteiger partial charge in [-0.25, -0.2) is 19.3 Å². The van der Waals surface area contributed by atoms with Crippen molar-refractivity contribution in [1.82, 2.24) is 29.7 Å². The van der Waals surface area contributed by atoms with E-state index in [0.717, 1.165) is 11.3 Å². The third-order valence-corrected chi connectivity index (χ3v) is 6.40. The molecule has 0 N–H and O–H groups in total. The Morgan fingerprint density at radius 2 is 1.97 bits per heavy atom. The van der Waals surface area contributed by atoms with Gasteiger partial charge in [0, 0.05) is 35.1 Å². The predicted octanol–water partition coefficient (Wildman–Crippen LogP) is 4.69. The first-order valence-electron chi connectivity index (χ1n) is 11.4. The lowest BCUT2D eigenvalue weighted by Crippen LogP contribution is -2.43. The highest BCUT2D eigenvalue weighted by atomic mass is 35.5. The van der Waals surface area contributed by atoms with Crippen LogP contribution in [0, 0.1) is 12.7 Å². The number of hydrogen-bond acceptors (Lipinski definition) is 7. The molecule has 1 aliphatic carbocycles. The summed E-state index contributed by atoms with van der Waals surface area (Å²) < 4.78 is 23.2. The molecule has 6 rings (SSSR count). The lowest BCUT2D eigenvalue weighted by molar-refractivity contribution is -0.0178. The van der Waals surface area contributed by atoms with Gasteiger partial charge in [0.05, 0.1) is 30.6 Å². The number of hydrogen-bond donors (Lipinski definition) is 0. The van der Waals surface area contributed by atoms with Crippen LogP contribution in [0.15, 0.2) is 36.8 Å². The topological polar surface area (TPSA) is 81.9 Å². The maximum absolute atomic E-state index is 14.9. The Kier molecular flexibility index (Phi) is 5.18. The molecule has 3 aromatic heterocycles. The molecule has 0 amide bonds. The molecule has 0 unspecified atom stereocenters. The third kappa shape index (κ3) is 3.99. The molecule has 2 fully saturated rings. The summed E-state index contributed by atoms with van der Waals surface area (Å²) >= 11 is 5.98. The summed E-state index contributed by atoms with van der Waals surface area (Å²) in [5.41, 5.74) is 3.31. The quantitative estimate of drug-likeness (QED) is 0.420. The van der Waals surface area contributed by atoms with Crippen molar-refractivity contribution in [1.29, 1.82) is 0 Å². The van der Waals surface area contributed by atoms with E-state index in [4.69, 9.17) is 26.3 Å². The fraction of sp³-hybridized carbons (Fsp3) is 0.375. The molecule has 0 radical (unpaired) electrons. The summed E-state index contributed by atoms with van der Waals surface area (Å²) in [5.74, 6) is -0.00646. The minimum Gasteiger partial charge on any atom is -0.367 e. The summed E-state index contributed by atoms with van der Waals surface area (Å²) in [7, 11) is 0. The Morgan fingerprint density at radius 3 is 2.76 bits per heavy atom. The molecular formula is C24H23ClFN7O. The SMILES string of the molecule is Cc1cnc2c(-c3ccc(Cl)cc3F)nc(N3C[C@H](C)O[C@@H](c4cnn(C5CC5)c4)C3)nc2n1. The minimum absolute atomic E-state index is 0.0540. The van der Waals surface area contributed by atoms with Gasteiger partial charge in [0.2, 0.25) is 5.95 Å². The number of halogens is 2. The van der Waals surface area contributed by atoms with Crippen molar-refractivity contribution >= 4 is 28.7 Å². The first-order chi connectivity index (χ1) is 16.4. The maximum Gasteiger partial charge on any atom is 0.228 e. The van der Waals surface area contributed by atoms with Crippen molar-refractivity contribution in [3.8, 4) is 11.3 Å². The molecule has 4 heterocycles. The van der Waals surface area contributed by atoms with Crippen molar-refractivity contribution in [2.75, 3.05) is 18.0 Å². The molecular weight excluding hydrogens is 457 g/mol. The second-order valence-corrected chi connectivity index (χ2v) is 9.44. The van der Waals surface area contributed by atoms with Crippen molar-refractivity contribution in [2.24, 2.45) is 0 Å². The Morgan fingerprint density at radius 1 is 1.12 bits per heavy atom. The van der Waals surface area contributed by atoms with Crippen molar-refractivity contribution in [3.05, 3.63) is 58.9 Å². The van der Waals surface area contributed by atoms with E-state index in [-0.39, 0.29) is 12.2 Å². The van der Waals surface area contributed by atoms with E-state index in [1.807, 2.05) is 24.7 Å². The van der Waals surface area contributed by atoms with E-state index >= 15 is 0 Å². The van der Waals surface area contributed by atoms with Crippen molar-refractivity contribution in [2.45, 2.75) is 44.9 Å². The molecule has 0 spiro atoms. The highest BCUT2D eigenvalue weighted by Crippen LogP contribution is 2.36. The smallest absolute Gasteiger partial charge is 0.228 e. The second-order valence-electron chi connectivity index (χ2n) is 9.01. The molecule has 174 valence electrons. The minimum atomic E-state index is -0.471. The summed E-state index contributed by atoms with van der Waals surface area (Å²) in [5, 5.41) is 4.83. The van der Waals surface area contributed by atoms with E-state index in [0.29, 0.717) is 52.5 Å². The van der Waals surface area contributed by atoms with Gasteiger partial charge in [-0.1, -0.05) is 11.6 Å². The highest BCUT2D eigenvalue weighted by molar-refractivity contribution is 6.30. The third-order valence-electron chi connectivity index (χ3n) is 6.16. The van der Waals surface area contributed by atoms with Crippen LogP contribution in [-0.2, 0) is 4.74 Å². The van der Waals surface area contributed by atoms with Crippen LogP contribution < -0.4 is 4.90 Å². The predicted molar refractivity (Wildman–Crippen MR) is 126 cm³/mol.